The van der Waals surface area contributed by atoms with E-state index in [1.165, 1.54) is 0 Å². The Morgan fingerprint density at radius 1 is 1.47 bits per heavy atom. The molecule has 0 spiro atoms. The summed E-state index contributed by atoms with van der Waals surface area (Å²) in [4.78, 5) is 22.6. The van der Waals surface area contributed by atoms with Crippen LogP contribution in [0.2, 0.25) is 0 Å². The fourth-order valence-electron chi connectivity index (χ4n) is 0.638. The van der Waals surface area contributed by atoms with Crippen LogP contribution in [0.4, 0.5) is 0 Å². The molecule has 0 fully saturated rings. The Labute approximate surface area is 98.2 Å². The highest BCUT2D eigenvalue weighted by Crippen LogP contribution is 2.17. The lowest BCUT2D eigenvalue weighted by molar-refractivity contribution is -0.152. The van der Waals surface area contributed by atoms with Crippen molar-refractivity contribution >= 4 is 27.8 Å². The van der Waals surface area contributed by atoms with Crippen LogP contribution in [0.15, 0.2) is 12.2 Å². The van der Waals surface area contributed by atoms with Crippen LogP contribution in [0, 0.1) is 0 Å². The predicted octanol–water partition coefficient (Wildman–Crippen LogP) is 1.74. The molecular formula is C10H16BrNO3. The molecule has 0 aromatic carbocycles. The molecule has 0 saturated carbocycles. The van der Waals surface area contributed by atoms with E-state index in [-0.39, 0.29) is 5.91 Å². The summed E-state index contributed by atoms with van der Waals surface area (Å²) >= 11 is 3.16. The van der Waals surface area contributed by atoms with Crippen molar-refractivity contribution < 1.29 is 14.3 Å². The van der Waals surface area contributed by atoms with Crippen molar-refractivity contribution in [2.45, 2.75) is 38.2 Å². The van der Waals surface area contributed by atoms with E-state index in [9.17, 15) is 9.59 Å². The summed E-state index contributed by atoms with van der Waals surface area (Å²) in [7, 11) is 0. The van der Waals surface area contributed by atoms with Gasteiger partial charge >= 0.3 is 5.97 Å². The number of carbonyl (C=O) groups excluding carboxylic acids is 2. The number of carbonyl (C=O) groups is 2. The molecule has 0 aromatic rings. The van der Waals surface area contributed by atoms with Gasteiger partial charge in [0.05, 0.1) is 0 Å². The van der Waals surface area contributed by atoms with Gasteiger partial charge in [-0.15, -0.1) is 0 Å². The van der Waals surface area contributed by atoms with E-state index in [1.807, 2.05) is 0 Å². The first-order valence-corrected chi connectivity index (χ1v) is 5.30. The molecule has 4 nitrogen and oxygen atoms in total. The summed E-state index contributed by atoms with van der Waals surface area (Å²) in [6, 6.07) is 0. The maximum absolute atomic E-state index is 11.4. The number of nitrogens with one attached hydrogen (secondary N) is 1. The van der Waals surface area contributed by atoms with Crippen molar-refractivity contribution in [3.8, 4) is 0 Å². The quantitative estimate of drug-likeness (QED) is 0.369. The molecule has 86 valence electrons. The largest absolute Gasteiger partial charge is 0.441 e. The molecule has 1 N–H and O–H groups in total. The van der Waals surface area contributed by atoms with Crippen LogP contribution in [0.3, 0.4) is 0 Å². The number of halogens is 1. The molecule has 0 radical (unpaired) electrons. The molecule has 0 aliphatic rings. The highest BCUT2D eigenvalue weighted by Gasteiger charge is 2.27. The molecule has 15 heavy (non-hydrogen) atoms. The van der Waals surface area contributed by atoms with Crippen LogP contribution in [-0.2, 0) is 14.3 Å². The second kappa shape index (κ2) is 5.30. The zero-order valence-corrected chi connectivity index (χ0v) is 11.0. The van der Waals surface area contributed by atoms with Gasteiger partial charge in [-0.2, -0.15) is 0 Å². The first-order valence-electron chi connectivity index (χ1n) is 4.51. The minimum Gasteiger partial charge on any atom is -0.441 e. The average Bonchev–Trinajstić information content (AvgIpc) is 2.01. The third kappa shape index (κ3) is 5.57. The van der Waals surface area contributed by atoms with Gasteiger partial charge in [0.2, 0.25) is 5.91 Å². The fraction of sp³-hybridized carbons (Fsp3) is 0.600. The Morgan fingerprint density at radius 3 is 2.27 bits per heavy atom. The fourth-order valence-corrected chi connectivity index (χ4v) is 0.731. The molecule has 0 rings (SSSR count). The Hall–Kier alpha value is -0.840. The SMILES string of the molecule is C=C(C)C(=O)NC(C)OC(=O)C(C)(C)Br. The zero-order chi connectivity index (χ0) is 12.2. The highest BCUT2D eigenvalue weighted by atomic mass is 79.9. The Morgan fingerprint density at radius 2 is 1.93 bits per heavy atom. The minimum atomic E-state index is -0.755. The second-order valence-electron chi connectivity index (χ2n) is 3.77. The number of amides is 1. The van der Waals surface area contributed by atoms with Crippen LogP contribution in [0.5, 0.6) is 0 Å². The zero-order valence-electron chi connectivity index (χ0n) is 9.39. The highest BCUT2D eigenvalue weighted by molar-refractivity contribution is 9.10. The van der Waals surface area contributed by atoms with Gasteiger partial charge in [-0.3, -0.25) is 9.59 Å². The second-order valence-corrected chi connectivity index (χ2v) is 5.76. The van der Waals surface area contributed by atoms with Gasteiger partial charge in [-0.1, -0.05) is 22.5 Å². The van der Waals surface area contributed by atoms with Gasteiger partial charge in [0.15, 0.2) is 6.23 Å². The van der Waals surface area contributed by atoms with Gasteiger partial charge in [0, 0.05) is 5.57 Å². The Bertz CT molecular complexity index is 281. The summed E-state index contributed by atoms with van der Waals surface area (Å²) < 4.78 is 4.22. The smallest absolute Gasteiger partial charge is 0.324 e. The first-order chi connectivity index (χ1) is 6.64. The van der Waals surface area contributed by atoms with E-state index in [2.05, 4.69) is 27.8 Å². The van der Waals surface area contributed by atoms with Crippen LogP contribution < -0.4 is 5.32 Å². The molecule has 5 heteroatoms. The van der Waals surface area contributed by atoms with Gasteiger partial charge in [-0.05, 0) is 27.7 Å². The Balaban J connectivity index is 4.16. The van der Waals surface area contributed by atoms with Gasteiger partial charge in [0.25, 0.3) is 0 Å². The molecule has 0 bridgehead atoms. The van der Waals surface area contributed by atoms with E-state index in [0.29, 0.717) is 5.57 Å². The lowest BCUT2D eigenvalue weighted by atomic mass is 10.2. The lowest BCUT2D eigenvalue weighted by Gasteiger charge is -2.20. The molecule has 0 aliphatic carbocycles. The topological polar surface area (TPSA) is 55.4 Å². The Kier molecular flexibility index (Phi) is 5.00. The minimum absolute atomic E-state index is 0.331. The predicted molar refractivity (Wildman–Crippen MR) is 61.5 cm³/mol. The van der Waals surface area contributed by atoms with Crippen molar-refractivity contribution in [2.24, 2.45) is 0 Å². The summed E-state index contributed by atoms with van der Waals surface area (Å²) in [6.07, 6.45) is -0.668. The van der Waals surface area contributed by atoms with Crippen molar-refractivity contribution in [3.05, 3.63) is 12.2 Å². The molecular weight excluding hydrogens is 262 g/mol. The maximum Gasteiger partial charge on any atom is 0.324 e. The number of rotatable bonds is 4. The van der Waals surface area contributed by atoms with Crippen LogP contribution >= 0.6 is 15.9 Å². The van der Waals surface area contributed by atoms with E-state index in [1.54, 1.807) is 27.7 Å². The van der Waals surface area contributed by atoms with Crippen molar-refractivity contribution in [1.29, 1.82) is 0 Å². The van der Waals surface area contributed by atoms with Gasteiger partial charge in [-0.25, -0.2) is 0 Å². The van der Waals surface area contributed by atoms with Crippen LogP contribution in [0.1, 0.15) is 27.7 Å². The summed E-state index contributed by atoms with van der Waals surface area (Å²) in [6.45, 7) is 9.98. The normalized spacial score (nSPS) is 12.9. The molecule has 0 aromatic heterocycles. The summed E-state index contributed by atoms with van der Waals surface area (Å²) in [5.74, 6) is -0.764. The van der Waals surface area contributed by atoms with Crippen molar-refractivity contribution in [3.63, 3.8) is 0 Å². The number of hydrogen-bond acceptors (Lipinski definition) is 3. The molecule has 1 unspecified atom stereocenters. The number of esters is 1. The number of alkyl halides is 1. The maximum atomic E-state index is 11.4. The summed E-state index contributed by atoms with van der Waals surface area (Å²) in [5, 5.41) is 2.48. The van der Waals surface area contributed by atoms with Gasteiger partial charge < -0.3 is 10.1 Å². The van der Waals surface area contributed by atoms with E-state index in [4.69, 9.17) is 4.74 Å². The molecule has 0 aliphatic heterocycles. The third-order valence-electron chi connectivity index (χ3n) is 1.49. The monoisotopic (exact) mass is 277 g/mol. The van der Waals surface area contributed by atoms with Crippen LogP contribution in [-0.4, -0.2) is 22.4 Å². The number of ether oxygens (including phenoxy) is 1. The van der Waals surface area contributed by atoms with Crippen molar-refractivity contribution in [1.82, 2.24) is 5.32 Å². The molecule has 0 heterocycles. The third-order valence-corrected chi connectivity index (χ3v) is 1.81. The molecule has 1 amide bonds. The standard InChI is InChI=1S/C10H16BrNO3/c1-6(2)8(13)12-7(3)15-9(14)10(4,5)11/h7H,1H2,2-5H3,(H,12,13). The molecule has 0 saturated heterocycles. The molecule has 1 atom stereocenters. The lowest BCUT2D eigenvalue weighted by Crippen LogP contribution is -2.40. The number of hydrogen-bond donors (Lipinski definition) is 1. The summed E-state index contributed by atoms with van der Waals surface area (Å²) in [5.41, 5.74) is 0.371. The average molecular weight is 278 g/mol. The van der Waals surface area contributed by atoms with E-state index in [0.717, 1.165) is 0 Å². The first kappa shape index (κ1) is 14.2. The van der Waals surface area contributed by atoms with Crippen LogP contribution in [0.25, 0.3) is 0 Å². The van der Waals surface area contributed by atoms with Gasteiger partial charge in [0.1, 0.15) is 4.32 Å². The van der Waals surface area contributed by atoms with E-state index >= 15 is 0 Å². The van der Waals surface area contributed by atoms with E-state index < -0.39 is 16.5 Å². The van der Waals surface area contributed by atoms with Crippen molar-refractivity contribution in [2.75, 3.05) is 0 Å².